The molecule has 1 N–H and O–H groups in total. The molecular weight excluding hydrogens is 288 g/mol. The fraction of sp³-hybridized carbons (Fsp3) is 0.375. The van der Waals surface area contributed by atoms with Gasteiger partial charge in [-0.2, -0.15) is 0 Å². The van der Waals surface area contributed by atoms with E-state index < -0.39 is 6.10 Å². The van der Waals surface area contributed by atoms with Gasteiger partial charge in [-0.25, -0.2) is 0 Å². The van der Waals surface area contributed by atoms with Crippen LogP contribution >= 0.6 is 23.5 Å². The first-order valence-electron chi connectivity index (χ1n) is 6.70. The van der Waals surface area contributed by atoms with Crippen molar-refractivity contribution in [2.75, 3.05) is 12.9 Å². The molecule has 110 valence electrons. The van der Waals surface area contributed by atoms with E-state index >= 15 is 0 Å². The Balaban J connectivity index is 3.02. The molecule has 20 heavy (non-hydrogen) atoms. The lowest BCUT2D eigenvalue weighted by Crippen LogP contribution is -2.07. The third-order valence-electron chi connectivity index (χ3n) is 2.61. The highest BCUT2D eigenvalue weighted by atomic mass is 32.2. The van der Waals surface area contributed by atoms with Gasteiger partial charge in [0, 0.05) is 14.7 Å². The molecule has 0 bridgehead atoms. The number of aliphatic hydroxyl groups excluding tert-OH is 1. The summed E-state index contributed by atoms with van der Waals surface area (Å²) in [4.78, 5) is 3.15. The first-order valence-corrected chi connectivity index (χ1v) is 8.74. The number of benzene rings is 1. The third-order valence-corrected chi connectivity index (χ3v) is 4.75. The zero-order chi connectivity index (χ0) is 14.8. The first-order chi connectivity index (χ1) is 9.72. The van der Waals surface area contributed by atoms with Crippen molar-refractivity contribution >= 4 is 23.5 Å². The maximum Gasteiger partial charge on any atom is 0.0860 e. The fourth-order valence-corrected chi connectivity index (χ4v) is 3.46. The molecule has 0 saturated carbocycles. The van der Waals surface area contributed by atoms with Crippen LogP contribution in [0, 0.1) is 0 Å². The highest BCUT2D eigenvalue weighted by Gasteiger charge is 2.14. The Bertz CT molecular complexity index is 441. The Kier molecular flexibility index (Phi) is 8.58. The number of rotatable bonds is 8. The van der Waals surface area contributed by atoms with Gasteiger partial charge in [0.1, 0.15) is 0 Å². The molecule has 1 rings (SSSR count). The van der Waals surface area contributed by atoms with Gasteiger partial charge in [0.15, 0.2) is 0 Å². The molecule has 0 spiro atoms. The topological polar surface area (TPSA) is 29.5 Å². The Hall–Kier alpha value is -0.840. The number of thioether (sulfide) groups is 2. The summed E-state index contributed by atoms with van der Waals surface area (Å²) in [5, 5.41) is 10.3. The van der Waals surface area contributed by atoms with Crippen LogP contribution in [-0.2, 0) is 4.74 Å². The van der Waals surface area contributed by atoms with Crippen molar-refractivity contribution < 1.29 is 9.84 Å². The SMILES string of the molecule is CCOC=CC(SC)=C(Sc1ccccc1)C(O)CC. The van der Waals surface area contributed by atoms with Crippen LogP contribution in [0.2, 0.25) is 0 Å². The Morgan fingerprint density at radius 1 is 1.30 bits per heavy atom. The summed E-state index contributed by atoms with van der Waals surface area (Å²) >= 11 is 3.24. The van der Waals surface area contributed by atoms with E-state index in [-0.39, 0.29) is 0 Å². The van der Waals surface area contributed by atoms with Crippen LogP contribution in [-0.4, -0.2) is 24.1 Å². The second kappa shape index (κ2) is 9.97. The molecule has 4 heteroatoms. The predicted octanol–water partition coefficient (Wildman–Crippen LogP) is 4.67. The number of hydrogen-bond donors (Lipinski definition) is 1. The Morgan fingerprint density at radius 2 is 2.00 bits per heavy atom. The zero-order valence-corrected chi connectivity index (χ0v) is 13.8. The molecule has 1 unspecified atom stereocenters. The lowest BCUT2D eigenvalue weighted by Gasteiger charge is -2.16. The molecule has 0 aliphatic heterocycles. The second-order valence-corrected chi connectivity index (χ2v) is 5.99. The lowest BCUT2D eigenvalue weighted by atomic mass is 10.2. The van der Waals surface area contributed by atoms with Crippen molar-refractivity contribution in [2.24, 2.45) is 0 Å². The third kappa shape index (κ3) is 5.65. The van der Waals surface area contributed by atoms with Crippen molar-refractivity contribution in [3.05, 3.63) is 52.5 Å². The van der Waals surface area contributed by atoms with Crippen LogP contribution < -0.4 is 0 Å². The summed E-state index contributed by atoms with van der Waals surface area (Å²) < 4.78 is 5.26. The number of hydrogen-bond acceptors (Lipinski definition) is 4. The van der Waals surface area contributed by atoms with Gasteiger partial charge in [-0.15, -0.1) is 11.8 Å². The molecule has 0 heterocycles. The van der Waals surface area contributed by atoms with E-state index in [1.807, 2.05) is 44.4 Å². The van der Waals surface area contributed by atoms with Crippen molar-refractivity contribution in [3.63, 3.8) is 0 Å². The summed E-state index contributed by atoms with van der Waals surface area (Å²) in [7, 11) is 0. The quantitative estimate of drug-likeness (QED) is 0.429. The summed E-state index contributed by atoms with van der Waals surface area (Å²) in [6, 6.07) is 10.1. The predicted molar refractivity (Wildman–Crippen MR) is 89.9 cm³/mol. The normalized spacial score (nSPS) is 14.2. The standard InChI is InChI=1S/C16H22O2S2/c1-4-14(17)16(15(19-3)11-12-18-5-2)20-13-9-7-6-8-10-13/h6-12,14,17H,4-5H2,1-3H3. The molecule has 1 aromatic rings. The van der Waals surface area contributed by atoms with Gasteiger partial charge in [-0.1, -0.05) is 36.9 Å². The van der Waals surface area contributed by atoms with E-state index in [0.717, 1.165) is 14.7 Å². The van der Waals surface area contributed by atoms with Gasteiger partial charge in [0.05, 0.1) is 19.0 Å². The van der Waals surface area contributed by atoms with E-state index in [1.165, 1.54) is 0 Å². The van der Waals surface area contributed by atoms with Gasteiger partial charge in [0.25, 0.3) is 0 Å². The minimum absolute atomic E-state index is 0.450. The van der Waals surface area contributed by atoms with Crippen molar-refractivity contribution in [1.29, 1.82) is 0 Å². The van der Waals surface area contributed by atoms with Crippen LogP contribution in [0.15, 0.2) is 57.4 Å². The Morgan fingerprint density at radius 3 is 2.55 bits per heavy atom. The van der Waals surface area contributed by atoms with Crippen LogP contribution in [0.1, 0.15) is 20.3 Å². The van der Waals surface area contributed by atoms with Gasteiger partial charge in [-0.3, -0.25) is 0 Å². The van der Waals surface area contributed by atoms with Crippen molar-refractivity contribution in [1.82, 2.24) is 0 Å². The van der Waals surface area contributed by atoms with Crippen LogP contribution in [0.4, 0.5) is 0 Å². The molecule has 0 fully saturated rings. The summed E-state index contributed by atoms with van der Waals surface area (Å²) in [5.41, 5.74) is 0. The van der Waals surface area contributed by atoms with E-state index in [0.29, 0.717) is 13.0 Å². The van der Waals surface area contributed by atoms with Gasteiger partial charge >= 0.3 is 0 Å². The van der Waals surface area contributed by atoms with Crippen molar-refractivity contribution in [3.8, 4) is 0 Å². The minimum Gasteiger partial charge on any atom is -0.501 e. The summed E-state index contributed by atoms with van der Waals surface area (Å²) in [5.74, 6) is 0. The first kappa shape index (κ1) is 17.2. The largest absolute Gasteiger partial charge is 0.501 e. The highest BCUT2D eigenvalue weighted by Crippen LogP contribution is 2.36. The number of ether oxygens (including phenoxy) is 1. The van der Waals surface area contributed by atoms with Crippen LogP contribution in [0.5, 0.6) is 0 Å². The van der Waals surface area contributed by atoms with Gasteiger partial charge in [0.2, 0.25) is 0 Å². The molecule has 1 atom stereocenters. The van der Waals surface area contributed by atoms with E-state index in [4.69, 9.17) is 4.74 Å². The van der Waals surface area contributed by atoms with Crippen LogP contribution in [0.25, 0.3) is 0 Å². The average molecular weight is 310 g/mol. The molecule has 0 amide bonds. The molecule has 0 radical (unpaired) electrons. The molecule has 0 saturated heterocycles. The monoisotopic (exact) mass is 310 g/mol. The summed E-state index contributed by atoms with van der Waals surface area (Å²) in [6.45, 7) is 4.59. The Labute approximate surface area is 130 Å². The van der Waals surface area contributed by atoms with Gasteiger partial charge < -0.3 is 9.84 Å². The molecule has 2 nitrogen and oxygen atoms in total. The van der Waals surface area contributed by atoms with Crippen LogP contribution in [0.3, 0.4) is 0 Å². The average Bonchev–Trinajstić information content (AvgIpc) is 2.50. The maximum atomic E-state index is 10.3. The maximum absolute atomic E-state index is 10.3. The number of allylic oxidation sites excluding steroid dienone is 1. The fourth-order valence-electron chi connectivity index (χ4n) is 1.54. The lowest BCUT2D eigenvalue weighted by molar-refractivity contribution is 0.215. The summed E-state index contributed by atoms with van der Waals surface area (Å²) in [6.07, 6.45) is 5.88. The second-order valence-electron chi connectivity index (χ2n) is 4.03. The smallest absolute Gasteiger partial charge is 0.0860 e. The van der Waals surface area contributed by atoms with E-state index in [1.54, 1.807) is 29.8 Å². The molecule has 0 aliphatic carbocycles. The molecule has 1 aromatic carbocycles. The van der Waals surface area contributed by atoms with Gasteiger partial charge in [-0.05, 0) is 37.8 Å². The van der Waals surface area contributed by atoms with Crippen molar-refractivity contribution in [2.45, 2.75) is 31.3 Å². The minimum atomic E-state index is -0.450. The zero-order valence-electron chi connectivity index (χ0n) is 12.2. The molecule has 0 aromatic heterocycles. The van der Waals surface area contributed by atoms with E-state index in [9.17, 15) is 5.11 Å². The van der Waals surface area contributed by atoms with E-state index in [2.05, 4.69) is 12.1 Å². The molecule has 0 aliphatic rings. The number of aliphatic hydroxyl groups is 1. The highest BCUT2D eigenvalue weighted by molar-refractivity contribution is 8.06. The molecular formula is C16H22O2S2.